The number of halogens is 4. The molecule has 11 aromatic carbocycles. The zero-order valence-electron chi connectivity index (χ0n) is 33.9. The van der Waals surface area contributed by atoms with Crippen LogP contribution < -0.4 is 0 Å². The molecule has 2 aromatic heterocycles. The van der Waals surface area contributed by atoms with Gasteiger partial charge in [-0.2, -0.15) is 0 Å². The molecule has 0 spiro atoms. The van der Waals surface area contributed by atoms with Gasteiger partial charge in [-0.3, -0.25) is 0 Å². The fourth-order valence-corrected chi connectivity index (χ4v) is 10.4. The summed E-state index contributed by atoms with van der Waals surface area (Å²) in [5.41, 5.74) is 8.91. The van der Waals surface area contributed by atoms with Gasteiger partial charge in [0.05, 0.1) is 22.1 Å². The van der Waals surface area contributed by atoms with Crippen LogP contribution in [0.5, 0.6) is 0 Å². The molecule has 64 heavy (non-hydrogen) atoms. The lowest BCUT2D eigenvalue weighted by Crippen LogP contribution is -1.99. The molecule has 0 aliphatic carbocycles. The second-order valence-electron chi connectivity index (χ2n) is 16.6. The first-order valence-electron chi connectivity index (χ1n) is 21.2. The molecule has 2 heterocycles. The summed E-state index contributed by atoms with van der Waals surface area (Å²) >= 11 is 0. The molecule has 302 valence electrons. The third-order valence-corrected chi connectivity index (χ3v) is 13.1. The first-order chi connectivity index (χ1) is 31.4. The Morgan fingerprint density at radius 3 is 0.969 bits per heavy atom. The molecular formula is C58H32F4N2. The Morgan fingerprint density at radius 2 is 0.594 bits per heavy atom. The topological polar surface area (TPSA) is 9.86 Å². The molecule has 0 fully saturated rings. The minimum Gasteiger partial charge on any atom is -0.309 e. The van der Waals surface area contributed by atoms with Crippen molar-refractivity contribution in [3.05, 3.63) is 217 Å². The van der Waals surface area contributed by atoms with E-state index >= 15 is 0 Å². The molecule has 0 bridgehead atoms. The molecule has 0 N–H and O–H groups in total. The van der Waals surface area contributed by atoms with Gasteiger partial charge in [0.2, 0.25) is 0 Å². The summed E-state index contributed by atoms with van der Waals surface area (Å²) in [6.45, 7) is 0. The lowest BCUT2D eigenvalue weighted by Gasteiger charge is -2.22. The summed E-state index contributed by atoms with van der Waals surface area (Å²) < 4.78 is 63.7. The fourth-order valence-electron chi connectivity index (χ4n) is 10.4. The van der Waals surface area contributed by atoms with Crippen LogP contribution in [-0.4, -0.2) is 9.13 Å². The molecule has 0 radical (unpaired) electrons. The van der Waals surface area contributed by atoms with Gasteiger partial charge in [0, 0.05) is 32.9 Å². The van der Waals surface area contributed by atoms with E-state index < -0.39 is 23.3 Å². The maximum absolute atomic E-state index is 14.9. The maximum atomic E-state index is 14.9. The first kappa shape index (κ1) is 36.4. The van der Waals surface area contributed by atoms with Crippen molar-refractivity contribution in [3.63, 3.8) is 0 Å². The summed E-state index contributed by atoms with van der Waals surface area (Å²) in [4.78, 5) is 0. The number of aromatic nitrogens is 2. The summed E-state index contributed by atoms with van der Waals surface area (Å²) in [6, 6.07) is 61.3. The monoisotopic (exact) mass is 832 g/mol. The predicted molar refractivity (Wildman–Crippen MR) is 256 cm³/mol. The minimum absolute atomic E-state index is 0.390. The second-order valence-corrected chi connectivity index (χ2v) is 16.6. The Kier molecular flexibility index (Phi) is 7.76. The van der Waals surface area contributed by atoms with E-state index in [2.05, 4.69) is 118 Å². The molecule has 6 heteroatoms. The van der Waals surface area contributed by atoms with Gasteiger partial charge in [0.25, 0.3) is 0 Å². The highest BCUT2D eigenvalue weighted by atomic mass is 19.1. The highest BCUT2D eigenvalue weighted by Crippen LogP contribution is 2.49. The van der Waals surface area contributed by atoms with Crippen molar-refractivity contribution in [1.29, 1.82) is 0 Å². The smallest absolute Gasteiger partial charge is 0.123 e. The average Bonchev–Trinajstić information content (AvgIpc) is 3.81. The van der Waals surface area contributed by atoms with Crippen molar-refractivity contribution < 1.29 is 17.6 Å². The SMILES string of the molecule is Fc1ccc2c(c1)c1cc(F)ccc1n2-c1ccc2c(-c3cccc4ccccc34)c3cc(-n4c5ccc(F)cc5c5cc(F)ccc54)ccc3c(-c3cccc4ccccc34)c2c1. The van der Waals surface area contributed by atoms with Gasteiger partial charge in [0.1, 0.15) is 23.3 Å². The highest BCUT2D eigenvalue weighted by Gasteiger charge is 2.23. The minimum atomic E-state index is -0.390. The van der Waals surface area contributed by atoms with Gasteiger partial charge < -0.3 is 9.13 Å². The van der Waals surface area contributed by atoms with E-state index in [1.807, 2.05) is 12.1 Å². The van der Waals surface area contributed by atoms with Gasteiger partial charge >= 0.3 is 0 Å². The third kappa shape index (κ3) is 5.32. The third-order valence-electron chi connectivity index (χ3n) is 13.1. The Balaban J connectivity index is 1.22. The van der Waals surface area contributed by atoms with Gasteiger partial charge in [-0.1, -0.05) is 97.1 Å². The van der Waals surface area contributed by atoms with E-state index in [0.717, 1.165) is 98.8 Å². The molecule has 2 nitrogen and oxygen atoms in total. The Bertz CT molecular complexity index is 3740. The maximum Gasteiger partial charge on any atom is 0.123 e. The number of fused-ring (bicyclic) bond motifs is 10. The van der Waals surface area contributed by atoms with Gasteiger partial charge in [0.15, 0.2) is 0 Å². The zero-order valence-corrected chi connectivity index (χ0v) is 33.9. The van der Waals surface area contributed by atoms with Crippen LogP contribution in [0.15, 0.2) is 194 Å². The van der Waals surface area contributed by atoms with E-state index in [4.69, 9.17) is 0 Å². The van der Waals surface area contributed by atoms with Crippen molar-refractivity contribution in [2.45, 2.75) is 0 Å². The Labute approximate surface area is 363 Å². The van der Waals surface area contributed by atoms with E-state index in [0.29, 0.717) is 21.5 Å². The summed E-state index contributed by atoms with van der Waals surface area (Å²) in [5, 5.41) is 10.9. The lowest BCUT2D eigenvalue weighted by molar-refractivity contribution is 0.628. The van der Waals surface area contributed by atoms with Crippen molar-refractivity contribution >= 4 is 86.7 Å². The molecule has 0 saturated heterocycles. The molecule has 13 aromatic rings. The van der Waals surface area contributed by atoms with Crippen LogP contribution in [-0.2, 0) is 0 Å². The zero-order chi connectivity index (χ0) is 42.8. The normalized spacial score (nSPS) is 12.1. The summed E-state index contributed by atoms with van der Waals surface area (Å²) in [7, 11) is 0. The predicted octanol–water partition coefficient (Wildman–Crippen LogP) is 16.4. The molecule has 0 saturated carbocycles. The summed E-state index contributed by atoms with van der Waals surface area (Å²) in [5.74, 6) is -1.56. The second kappa shape index (κ2) is 13.6. The van der Waals surface area contributed by atoms with Crippen LogP contribution in [0.4, 0.5) is 17.6 Å². The first-order valence-corrected chi connectivity index (χ1v) is 21.2. The van der Waals surface area contributed by atoms with E-state index in [9.17, 15) is 17.6 Å². The quantitative estimate of drug-likeness (QED) is 0.123. The number of rotatable bonds is 4. The Morgan fingerprint density at radius 1 is 0.250 bits per heavy atom. The van der Waals surface area contributed by atoms with Gasteiger partial charge in [-0.25, -0.2) is 17.6 Å². The highest BCUT2D eigenvalue weighted by molar-refractivity contribution is 6.26. The fraction of sp³-hybridized carbons (Fsp3) is 0. The van der Waals surface area contributed by atoms with Crippen LogP contribution in [0.1, 0.15) is 0 Å². The van der Waals surface area contributed by atoms with Crippen LogP contribution in [0.2, 0.25) is 0 Å². The largest absolute Gasteiger partial charge is 0.309 e. The van der Waals surface area contributed by atoms with Gasteiger partial charge in [-0.15, -0.1) is 0 Å². The van der Waals surface area contributed by atoms with Crippen LogP contribution in [0.25, 0.3) is 120 Å². The number of nitrogens with zero attached hydrogens (tertiary/aromatic N) is 2. The van der Waals surface area contributed by atoms with Crippen LogP contribution in [0.3, 0.4) is 0 Å². The molecular weight excluding hydrogens is 801 g/mol. The molecule has 0 aliphatic heterocycles. The number of benzene rings is 11. The van der Waals surface area contributed by atoms with Gasteiger partial charge in [-0.05, 0) is 162 Å². The molecule has 0 aliphatic rings. The standard InChI is InChI=1S/C58H32F4N2/c59-35-15-23-53-47(27-35)48-28-36(60)16-24-54(48)63(53)39-20-22-46-51(31-39)57(43-13-5-9-33-7-1-3-11-41(33)43)45-21-19-40(32-52(45)58(46)44-14-6-10-34-8-2-4-12-42(34)44)64-55-25-17-37(61)29-49(55)50-30-38(62)18-26-56(50)64/h1-32H. The molecule has 0 amide bonds. The molecule has 13 rings (SSSR count). The van der Waals surface area contributed by atoms with Crippen molar-refractivity contribution in [1.82, 2.24) is 9.13 Å². The van der Waals surface area contributed by atoms with E-state index in [-0.39, 0.29) is 0 Å². The van der Waals surface area contributed by atoms with Crippen LogP contribution in [0, 0.1) is 23.3 Å². The van der Waals surface area contributed by atoms with E-state index in [1.54, 1.807) is 24.3 Å². The van der Waals surface area contributed by atoms with Crippen molar-refractivity contribution in [2.24, 2.45) is 0 Å². The van der Waals surface area contributed by atoms with Crippen molar-refractivity contribution in [3.8, 4) is 33.6 Å². The number of hydrogen-bond donors (Lipinski definition) is 0. The summed E-state index contributed by atoms with van der Waals surface area (Å²) in [6.07, 6.45) is 0. The van der Waals surface area contributed by atoms with E-state index in [1.165, 1.54) is 48.5 Å². The van der Waals surface area contributed by atoms with Crippen LogP contribution >= 0.6 is 0 Å². The van der Waals surface area contributed by atoms with Crippen molar-refractivity contribution in [2.75, 3.05) is 0 Å². The Hall–Kier alpha value is -8.22. The lowest BCUT2D eigenvalue weighted by atomic mass is 9.83. The molecule has 0 unspecified atom stereocenters. The average molecular weight is 833 g/mol. The number of hydrogen-bond acceptors (Lipinski definition) is 0. The molecule has 0 atom stereocenters.